The van der Waals surface area contributed by atoms with Gasteiger partial charge in [-0.25, -0.2) is 8.78 Å². The molecule has 0 aliphatic heterocycles. The fourth-order valence-electron chi connectivity index (χ4n) is 2.56. The van der Waals surface area contributed by atoms with E-state index in [9.17, 15) is 22.4 Å². The molecule has 0 radical (unpaired) electrons. The van der Waals surface area contributed by atoms with E-state index in [1.807, 2.05) is 0 Å². The zero-order valence-electron chi connectivity index (χ0n) is 13.8. The molecule has 1 amide bonds. The van der Waals surface area contributed by atoms with Crippen LogP contribution in [-0.4, -0.2) is 15.7 Å². The van der Waals surface area contributed by atoms with Crippen molar-refractivity contribution >= 4 is 23.2 Å². The third-order valence-corrected chi connectivity index (χ3v) is 3.93. The summed E-state index contributed by atoms with van der Waals surface area (Å²) in [5, 5.41) is 2.19. The number of alkyl halides is 3. The number of hydrogen-bond donors (Lipinski definition) is 1. The predicted octanol–water partition coefficient (Wildman–Crippen LogP) is 4.91. The summed E-state index contributed by atoms with van der Waals surface area (Å²) in [5.74, 6) is -2.93. The Morgan fingerprint density at radius 2 is 1.85 bits per heavy atom. The maximum atomic E-state index is 13.5. The molecule has 0 unspecified atom stereocenters. The topological polar surface area (TPSA) is 46.9 Å². The second-order valence-electron chi connectivity index (χ2n) is 5.69. The van der Waals surface area contributed by atoms with Crippen molar-refractivity contribution in [3.05, 3.63) is 71.6 Å². The molecule has 0 fully saturated rings. The number of nitrogens with one attached hydrogen (secondary N) is 1. The van der Waals surface area contributed by atoms with Crippen LogP contribution in [0, 0.1) is 11.6 Å². The zero-order valence-corrected chi connectivity index (χ0v) is 14.6. The van der Waals surface area contributed by atoms with E-state index in [1.54, 1.807) is 18.2 Å². The van der Waals surface area contributed by atoms with E-state index in [4.69, 9.17) is 11.6 Å². The number of aromatic nitrogens is 2. The summed E-state index contributed by atoms with van der Waals surface area (Å²) in [5.41, 5.74) is -0.375. The van der Waals surface area contributed by atoms with Gasteiger partial charge in [0.15, 0.2) is 17.3 Å². The molecule has 0 saturated heterocycles. The molecule has 9 heteroatoms. The lowest BCUT2D eigenvalue weighted by molar-refractivity contribution is 0.0849. The van der Waals surface area contributed by atoms with Crippen LogP contribution < -0.4 is 5.32 Å². The van der Waals surface area contributed by atoms with E-state index in [2.05, 4.69) is 10.4 Å². The molecule has 0 aliphatic carbocycles. The quantitative estimate of drug-likeness (QED) is 0.502. The van der Waals surface area contributed by atoms with Gasteiger partial charge in [-0.2, -0.15) is 13.9 Å². The standard InChI is InChI=1S/C18H12ClF4N3O/c1-26-9-12(16(25-26)18(19,22)23)17(27)24-15-5-3-2-4-11(15)10-6-7-13(20)14(21)8-10/h2-9H,1H3,(H,24,27). The highest BCUT2D eigenvalue weighted by Gasteiger charge is 2.36. The van der Waals surface area contributed by atoms with Crippen LogP contribution in [0.25, 0.3) is 11.1 Å². The van der Waals surface area contributed by atoms with Crippen LogP contribution in [0.1, 0.15) is 16.1 Å². The van der Waals surface area contributed by atoms with E-state index in [0.717, 1.165) is 23.0 Å². The van der Waals surface area contributed by atoms with Gasteiger partial charge in [0, 0.05) is 24.5 Å². The van der Waals surface area contributed by atoms with Gasteiger partial charge >= 0.3 is 5.38 Å². The van der Waals surface area contributed by atoms with Crippen LogP contribution >= 0.6 is 11.6 Å². The van der Waals surface area contributed by atoms with Crippen molar-refractivity contribution < 1.29 is 22.4 Å². The summed E-state index contributed by atoms with van der Waals surface area (Å²) < 4.78 is 54.7. The first-order valence-electron chi connectivity index (χ1n) is 7.63. The molecule has 0 aliphatic rings. The van der Waals surface area contributed by atoms with Crippen molar-refractivity contribution in [2.24, 2.45) is 7.05 Å². The number of carbonyl (C=O) groups excluding carboxylic acids is 1. The van der Waals surface area contributed by atoms with Crippen molar-refractivity contribution in [1.29, 1.82) is 0 Å². The minimum absolute atomic E-state index is 0.223. The van der Waals surface area contributed by atoms with Gasteiger partial charge in [-0.05, 0) is 35.4 Å². The minimum Gasteiger partial charge on any atom is -0.321 e. The summed E-state index contributed by atoms with van der Waals surface area (Å²) in [4.78, 5) is 12.5. The molecular formula is C18H12ClF4N3O. The second kappa shape index (κ2) is 7.03. The number of carbonyl (C=O) groups is 1. The lowest BCUT2D eigenvalue weighted by Gasteiger charge is -2.12. The Morgan fingerprint density at radius 1 is 1.15 bits per heavy atom. The normalized spacial score (nSPS) is 11.5. The van der Waals surface area contributed by atoms with Crippen LogP contribution in [0.5, 0.6) is 0 Å². The molecule has 0 bridgehead atoms. The Bertz CT molecular complexity index is 1010. The molecule has 27 heavy (non-hydrogen) atoms. The van der Waals surface area contributed by atoms with E-state index in [-0.39, 0.29) is 5.69 Å². The Morgan fingerprint density at radius 3 is 2.52 bits per heavy atom. The minimum atomic E-state index is -3.83. The smallest absolute Gasteiger partial charge is 0.321 e. The highest BCUT2D eigenvalue weighted by molar-refractivity contribution is 6.22. The lowest BCUT2D eigenvalue weighted by Crippen LogP contribution is -2.17. The number of benzene rings is 2. The van der Waals surface area contributed by atoms with Gasteiger partial charge in [-0.15, -0.1) is 0 Å². The van der Waals surface area contributed by atoms with Crippen LogP contribution in [0.2, 0.25) is 0 Å². The molecule has 1 aromatic heterocycles. The monoisotopic (exact) mass is 397 g/mol. The summed E-state index contributed by atoms with van der Waals surface area (Å²) >= 11 is 5.02. The van der Waals surface area contributed by atoms with Crippen molar-refractivity contribution in [2.75, 3.05) is 5.32 Å². The first-order valence-corrected chi connectivity index (χ1v) is 8.01. The number of amides is 1. The average molecular weight is 398 g/mol. The molecule has 4 nitrogen and oxygen atoms in total. The molecule has 3 rings (SSSR count). The number of nitrogens with zero attached hydrogens (tertiary/aromatic N) is 2. The van der Waals surface area contributed by atoms with Crippen molar-refractivity contribution in [3.63, 3.8) is 0 Å². The van der Waals surface area contributed by atoms with Crippen LogP contribution in [-0.2, 0) is 12.4 Å². The number of halogens is 5. The lowest BCUT2D eigenvalue weighted by atomic mass is 10.0. The SMILES string of the molecule is Cn1cc(C(=O)Nc2ccccc2-c2ccc(F)c(F)c2)c(C(F)(F)Cl)n1. The second-order valence-corrected chi connectivity index (χ2v) is 6.17. The summed E-state index contributed by atoms with van der Waals surface area (Å²) in [7, 11) is 1.37. The first kappa shape index (κ1) is 18.9. The molecule has 3 aromatic rings. The fourth-order valence-corrected chi connectivity index (χ4v) is 2.70. The number of aryl methyl sites for hydroxylation is 1. The largest absolute Gasteiger partial charge is 0.367 e. The van der Waals surface area contributed by atoms with Crippen molar-refractivity contribution in [1.82, 2.24) is 9.78 Å². The molecule has 2 aromatic carbocycles. The molecule has 140 valence electrons. The van der Waals surface area contributed by atoms with Crippen LogP contribution in [0.4, 0.5) is 23.2 Å². The molecule has 0 spiro atoms. The molecular weight excluding hydrogens is 386 g/mol. The van der Waals surface area contributed by atoms with Crippen molar-refractivity contribution in [3.8, 4) is 11.1 Å². The van der Waals surface area contributed by atoms with Gasteiger partial charge in [-0.3, -0.25) is 9.48 Å². The number of anilines is 1. The Kier molecular flexibility index (Phi) is 4.93. The summed E-state index contributed by atoms with van der Waals surface area (Å²) in [6, 6.07) is 9.57. The van der Waals surface area contributed by atoms with Gasteiger partial charge in [0.2, 0.25) is 0 Å². The van der Waals surface area contributed by atoms with Gasteiger partial charge in [0.05, 0.1) is 5.56 Å². The van der Waals surface area contributed by atoms with Gasteiger partial charge in [-0.1, -0.05) is 24.3 Å². The Hall–Kier alpha value is -2.87. The third-order valence-electron chi connectivity index (χ3n) is 3.75. The summed E-state index contributed by atoms with van der Waals surface area (Å²) in [6.45, 7) is 0. The van der Waals surface area contributed by atoms with E-state index >= 15 is 0 Å². The zero-order chi connectivity index (χ0) is 19.8. The average Bonchev–Trinajstić information content (AvgIpc) is 3.00. The van der Waals surface area contributed by atoms with Crippen LogP contribution in [0.15, 0.2) is 48.7 Å². The Balaban J connectivity index is 1.98. The number of rotatable bonds is 4. The number of hydrogen-bond acceptors (Lipinski definition) is 2. The molecule has 1 N–H and O–H groups in total. The maximum Gasteiger partial charge on any atom is 0.367 e. The van der Waals surface area contributed by atoms with E-state index in [0.29, 0.717) is 11.1 Å². The van der Waals surface area contributed by atoms with Gasteiger partial charge in [0.25, 0.3) is 5.91 Å². The highest BCUT2D eigenvalue weighted by Crippen LogP contribution is 2.34. The highest BCUT2D eigenvalue weighted by atomic mass is 35.5. The maximum absolute atomic E-state index is 13.5. The Labute approximate surface area is 156 Å². The first-order chi connectivity index (χ1) is 12.7. The van der Waals surface area contributed by atoms with Crippen LogP contribution in [0.3, 0.4) is 0 Å². The van der Waals surface area contributed by atoms with Crippen molar-refractivity contribution in [2.45, 2.75) is 5.38 Å². The molecule has 0 atom stereocenters. The molecule has 1 heterocycles. The fraction of sp³-hybridized carbons (Fsp3) is 0.111. The third kappa shape index (κ3) is 3.95. The summed E-state index contributed by atoms with van der Waals surface area (Å²) in [6.07, 6.45) is 1.11. The predicted molar refractivity (Wildman–Crippen MR) is 92.7 cm³/mol. The number of para-hydroxylation sites is 1. The van der Waals surface area contributed by atoms with E-state index in [1.165, 1.54) is 19.2 Å². The molecule has 0 saturated carbocycles. The van der Waals surface area contributed by atoms with Gasteiger partial charge < -0.3 is 5.32 Å². The van der Waals surface area contributed by atoms with E-state index < -0.39 is 34.2 Å². The van der Waals surface area contributed by atoms with Gasteiger partial charge in [0.1, 0.15) is 0 Å².